The van der Waals surface area contributed by atoms with Crippen LogP contribution in [-0.2, 0) is 14.4 Å². The number of amides is 5. The Labute approximate surface area is 168 Å². The molecule has 0 spiro atoms. The van der Waals surface area contributed by atoms with Crippen LogP contribution in [0.15, 0.2) is 42.5 Å². The summed E-state index contributed by atoms with van der Waals surface area (Å²) in [5, 5.41) is 7.30. The minimum absolute atomic E-state index is 0.198. The first-order valence-electron chi connectivity index (χ1n) is 9.41. The normalized spacial score (nSPS) is 18.7. The highest BCUT2D eigenvalue weighted by molar-refractivity contribution is 6.09. The topological polar surface area (TPSA) is 98.8 Å². The summed E-state index contributed by atoms with van der Waals surface area (Å²) in [7, 11) is 1.46. The molecule has 1 aliphatic rings. The van der Waals surface area contributed by atoms with Crippen molar-refractivity contribution < 1.29 is 19.2 Å². The summed E-state index contributed by atoms with van der Waals surface area (Å²) in [6.07, 6.45) is 0.422. The van der Waals surface area contributed by atoms with Gasteiger partial charge in [0.15, 0.2) is 0 Å². The van der Waals surface area contributed by atoms with Crippen LogP contribution in [0.3, 0.4) is 0 Å². The number of likely N-dealkylation sites (N-methyl/N-ethyl adjacent to an activating group) is 1. The first-order chi connectivity index (χ1) is 13.7. The maximum absolute atomic E-state index is 12.5. The lowest BCUT2D eigenvalue weighted by Gasteiger charge is -2.21. The number of hydrogen-bond acceptors (Lipinski definition) is 4. The van der Waals surface area contributed by atoms with Crippen molar-refractivity contribution >= 4 is 40.2 Å². The molecule has 5 amide bonds. The molecule has 2 aromatic carbocycles. The number of benzene rings is 2. The highest BCUT2D eigenvalue weighted by Crippen LogP contribution is 2.23. The Balaban J connectivity index is 1.62. The Morgan fingerprint density at radius 2 is 1.83 bits per heavy atom. The quantitative estimate of drug-likeness (QED) is 0.729. The zero-order chi connectivity index (χ0) is 21.2. The SMILES string of the molecule is CC[C@@]1(C)NC(=O)N(CC(=O)N(C)CC(=O)Nc2cccc3ccccc23)C1=O. The number of imide groups is 1. The number of nitrogens with one attached hydrogen (secondary N) is 2. The number of nitrogens with zero attached hydrogens (tertiary/aromatic N) is 2. The van der Waals surface area contributed by atoms with Crippen LogP contribution in [0.5, 0.6) is 0 Å². The number of rotatable bonds is 6. The van der Waals surface area contributed by atoms with Gasteiger partial charge in [-0.25, -0.2) is 4.79 Å². The molecule has 3 rings (SSSR count). The number of fused-ring (bicyclic) bond motifs is 1. The summed E-state index contributed by atoms with van der Waals surface area (Å²) in [4.78, 5) is 51.4. The van der Waals surface area contributed by atoms with E-state index in [1.165, 1.54) is 11.9 Å². The van der Waals surface area contributed by atoms with Crippen LogP contribution in [0.1, 0.15) is 20.3 Å². The fourth-order valence-electron chi connectivity index (χ4n) is 3.21. The van der Waals surface area contributed by atoms with Crippen LogP contribution >= 0.6 is 0 Å². The second kappa shape index (κ2) is 7.90. The Kier molecular flexibility index (Phi) is 5.54. The van der Waals surface area contributed by atoms with Crippen LogP contribution in [-0.4, -0.2) is 59.2 Å². The molecule has 0 saturated carbocycles. The van der Waals surface area contributed by atoms with Crippen molar-refractivity contribution in [2.45, 2.75) is 25.8 Å². The van der Waals surface area contributed by atoms with E-state index < -0.39 is 29.9 Å². The van der Waals surface area contributed by atoms with Crippen LogP contribution < -0.4 is 10.6 Å². The van der Waals surface area contributed by atoms with Crippen LogP contribution in [0.25, 0.3) is 10.8 Å². The van der Waals surface area contributed by atoms with Gasteiger partial charge in [-0.15, -0.1) is 0 Å². The summed E-state index contributed by atoms with van der Waals surface area (Å²) < 4.78 is 0. The molecule has 152 valence electrons. The summed E-state index contributed by atoms with van der Waals surface area (Å²) in [6, 6.07) is 12.6. The van der Waals surface area contributed by atoms with E-state index in [1.54, 1.807) is 19.9 Å². The molecule has 1 heterocycles. The van der Waals surface area contributed by atoms with Crippen molar-refractivity contribution in [3.05, 3.63) is 42.5 Å². The lowest BCUT2D eigenvalue weighted by molar-refractivity contribution is -0.139. The molecule has 8 heteroatoms. The molecule has 0 aliphatic carbocycles. The molecule has 29 heavy (non-hydrogen) atoms. The van der Waals surface area contributed by atoms with Gasteiger partial charge in [0.25, 0.3) is 5.91 Å². The van der Waals surface area contributed by atoms with Crippen molar-refractivity contribution in [2.24, 2.45) is 0 Å². The third-order valence-electron chi connectivity index (χ3n) is 5.22. The van der Waals surface area contributed by atoms with Crippen molar-refractivity contribution in [3.8, 4) is 0 Å². The Bertz CT molecular complexity index is 984. The second-order valence-electron chi connectivity index (χ2n) is 7.33. The van der Waals surface area contributed by atoms with Crippen LogP contribution in [0, 0.1) is 0 Å². The lowest BCUT2D eigenvalue weighted by Crippen LogP contribution is -2.45. The maximum atomic E-state index is 12.5. The molecule has 1 fully saturated rings. The fourth-order valence-corrected chi connectivity index (χ4v) is 3.21. The third kappa shape index (κ3) is 4.06. The van der Waals surface area contributed by atoms with E-state index in [0.717, 1.165) is 15.7 Å². The van der Waals surface area contributed by atoms with Gasteiger partial charge in [-0.1, -0.05) is 43.3 Å². The van der Waals surface area contributed by atoms with Gasteiger partial charge in [0.2, 0.25) is 11.8 Å². The van der Waals surface area contributed by atoms with Gasteiger partial charge in [-0.2, -0.15) is 0 Å². The molecule has 1 saturated heterocycles. The molecular weight excluding hydrogens is 372 g/mol. The van der Waals surface area contributed by atoms with E-state index in [-0.39, 0.29) is 12.5 Å². The summed E-state index contributed by atoms with van der Waals surface area (Å²) >= 11 is 0. The number of carbonyl (C=O) groups excluding carboxylic acids is 4. The molecule has 2 aromatic rings. The average Bonchev–Trinajstić information content (AvgIpc) is 2.91. The molecule has 2 N–H and O–H groups in total. The Hall–Kier alpha value is -3.42. The van der Waals surface area contributed by atoms with Crippen molar-refractivity contribution in [3.63, 3.8) is 0 Å². The van der Waals surface area contributed by atoms with E-state index >= 15 is 0 Å². The van der Waals surface area contributed by atoms with E-state index in [1.807, 2.05) is 36.4 Å². The molecule has 8 nitrogen and oxygen atoms in total. The van der Waals surface area contributed by atoms with E-state index in [4.69, 9.17) is 0 Å². The third-order valence-corrected chi connectivity index (χ3v) is 5.22. The minimum atomic E-state index is -0.998. The van der Waals surface area contributed by atoms with Gasteiger partial charge < -0.3 is 15.5 Å². The predicted octanol–water partition coefficient (Wildman–Crippen LogP) is 1.96. The van der Waals surface area contributed by atoms with Crippen molar-refractivity contribution in [1.82, 2.24) is 15.1 Å². The highest BCUT2D eigenvalue weighted by Gasteiger charge is 2.47. The smallest absolute Gasteiger partial charge is 0.325 e. The number of urea groups is 1. The van der Waals surface area contributed by atoms with Gasteiger partial charge in [-0.3, -0.25) is 19.3 Å². The summed E-state index contributed by atoms with van der Waals surface area (Å²) in [6.45, 7) is 2.81. The first-order valence-corrected chi connectivity index (χ1v) is 9.41. The number of carbonyl (C=O) groups is 4. The Morgan fingerprint density at radius 1 is 1.14 bits per heavy atom. The standard InChI is InChI=1S/C21H24N4O4/c1-4-21(2)19(28)25(20(29)23-21)13-18(27)24(3)12-17(26)22-16-11-7-9-14-8-5-6-10-15(14)16/h5-11H,4,12-13H2,1-3H3,(H,22,26)(H,23,29)/t21-/m1/s1. The van der Waals surface area contributed by atoms with Crippen LogP contribution in [0.2, 0.25) is 0 Å². The van der Waals surface area contributed by atoms with Gasteiger partial charge in [0.1, 0.15) is 12.1 Å². The maximum Gasteiger partial charge on any atom is 0.325 e. The van der Waals surface area contributed by atoms with Crippen molar-refractivity contribution in [2.75, 3.05) is 25.5 Å². The minimum Gasteiger partial charge on any atom is -0.335 e. The van der Waals surface area contributed by atoms with Crippen molar-refractivity contribution in [1.29, 1.82) is 0 Å². The molecule has 1 atom stereocenters. The molecule has 0 aromatic heterocycles. The van der Waals surface area contributed by atoms with Crippen LogP contribution in [0.4, 0.5) is 10.5 Å². The van der Waals surface area contributed by atoms with Gasteiger partial charge >= 0.3 is 6.03 Å². The summed E-state index contributed by atoms with van der Waals surface area (Å²) in [5.41, 5.74) is -0.344. The zero-order valence-electron chi connectivity index (χ0n) is 16.7. The molecular formula is C21H24N4O4. The lowest BCUT2D eigenvalue weighted by atomic mass is 9.99. The van der Waals surface area contributed by atoms with E-state index in [2.05, 4.69) is 10.6 Å². The molecule has 0 bridgehead atoms. The Morgan fingerprint density at radius 3 is 2.52 bits per heavy atom. The zero-order valence-corrected chi connectivity index (χ0v) is 16.7. The average molecular weight is 396 g/mol. The summed E-state index contributed by atoms with van der Waals surface area (Å²) in [5.74, 6) is -1.30. The highest BCUT2D eigenvalue weighted by atomic mass is 16.2. The van der Waals surface area contributed by atoms with E-state index in [0.29, 0.717) is 12.1 Å². The fraction of sp³-hybridized carbons (Fsp3) is 0.333. The first kappa shape index (κ1) is 20.3. The predicted molar refractivity (Wildman–Crippen MR) is 109 cm³/mol. The van der Waals surface area contributed by atoms with Gasteiger partial charge in [0.05, 0.1) is 6.54 Å². The molecule has 0 radical (unpaired) electrons. The monoisotopic (exact) mass is 396 g/mol. The number of anilines is 1. The molecule has 0 unspecified atom stereocenters. The van der Waals surface area contributed by atoms with Gasteiger partial charge in [0, 0.05) is 18.1 Å². The number of hydrogen-bond donors (Lipinski definition) is 2. The second-order valence-corrected chi connectivity index (χ2v) is 7.33. The van der Waals surface area contributed by atoms with E-state index in [9.17, 15) is 19.2 Å². The largest absolute Gasteiger partial charge is 0.335 e. The van der Waals surface area contributed by atoms with Gasteiger partial charge in [-0.05, 0) is 24.8 Å². The molecule has 1 aliphatic heterocycles.